The van der Waals surface area contributed by atoms with Crippen LogP contribution in [0.15, 0.2) is 22.7 Å². The van der Waals surface area contributed by atoms with Gasteiger partial charge in [0.2, 0.25) is 5.91 Å². The second kappa shape index (κ2) is 6.37. The third-order valence-electron chi connectivity index (χ3n) is 3.48. The number of carbonyl (C=O) groups excluding carboxylic acids is 1. The zero-order valence-corrected chi connectivity index (χ0v) is 12.5. The van der Waals surface area contributed by atoms with Crippen LogP contribution in [0.3, 0.4) is 0 Å². The van der Waals surface area contributed by atoms with Crippen molar-refractivity contribution in [2.24, 2.45) is 0 Å². The average Bonchev–Trinajstić information content (AvgIpc) is 2.38. The summed E-state index contributed by atoms with van der Waals surface area (Å²) in [5, 5.41) is 2.87. The minimum absolute atomic E-state index is 0.0366. The number of carbonyl (C=O) groups is 1. The molecule has 1 aromatic carbocycles. The highest BCUT2D eigenvalue weighted by Crippen LogP contribution is 2.20. The van der Waals surface area contributed by atoms with Crippen LogP contribution in [0.5, 0.6) is 0 Å². The molecule has 1 unspecified atom stereocenters. The second-order valence-corrected chi connectivity index (χ2v) is 5.83. The molecule has 1 aromatic rings. The molecule has 5 heteroatoms. The summed E-state index contributed by atoms with van der Waals surface area (Å²) in [4.78, 5) is 14.0. The molecule has 0 saturated carbocycles. The summed E-state index contributed by atoms with van der Waals surface area (Å²) in [5.74, 6) is -0.316. The lowest BCUT2D eigenvalue weighted by atomic mass is 10.0. The van der Waals surface area contributed by atoms with Crippen molar-refractivity contribution in [3.05, 3.63) is 28.5 Å². The molecule has 0 bridgehead atoms. The van der Waals surface area contributed by atoms with Gasteiger partial charge in [-0.05, 0) is 44.4 Å². The molecule has 0 radical (unpaired) electrons. The van der Waals surface area contributed by atoms with Gasteiger partial charge in [0.05, 0.1) is 12.2 Å². The molecule has 104 valence electrons. The second-order valence-electron chi connectivity index (χ2n) is 4.91. The first-order valence-electron chi connectivity index (χ1n) is 6.56. The first-order valence-corrected chi connectivity index (χ1v) is 7.35. The van der Waals surface area contributed by atoms with E-state index in [0.717, 1.165) is 19.4 Å². The number of halogens is 2. The number of likely N-dealkylation sites (tertiary alicyclic amines) is 1. The Morgan fingerprint density at radius 3 is 3.00 bits per heavy atom. The summed E-state index contributed by atoms with van der Waals surface area (Å²) in [6.07, 6.45) is 3.29. The Balaban J connectivity index is 1.92. The maximum atomic E-state index is 13.6. The molecule has 1 fully saturated rings. The number of amides is 1. The topological polar surface area (TPSA) is 32.3 Å². The van der Waals surface area contributed by atoms with E-state index in [2.05, 4.69) is 28.2 Å². The van der Waals surface area contributed by atoms with E-state index in [1.165, 1.54) is 12.5 Å². The van der Waals surface area contributed by atoms with Crippen LogP contribution in [0, 0.1) is 5.82 Å². The number of nitrogens with zero attached hydrogens (tertiary/aromatic N) is 1. The Morgan fingerprint density at radius 1 is 1.53 bits per heavy atom. The first kappa shape index (κ1) is 14.3. The Labute approximate surface area is 121 Å². The van der Waals surface area contributed by atoms with E-state index in [4.69, 9.17) is 0 Å². The molecule has 0 aromatic heterocycles. The number of hydrogen-bond acceptors (Lipinski definition) is 2. The summed E-state index contributed by atoms with van der Waals surface area (Å²) < 4.78 is 14.3. The number of benzene rings is 1. The van der Waals surface area contributed by atoms with Gasteiger partial charge in [-0.1, -0.05) is 15.9 Å². The minimum atomic E-state index is -0.353. The number of hydrogen-bond donors (Lipinski definition) is 1. The quantitative estimate of drug-likeness (QED) is 0.922. The first-order chi connectivity index (χ1) is 9.08. The summed E-state index contributed by atoms with van der Waals surface area (Å²) in [7, 11) is 0. The Morgan fingerprint density at radius 2 is 2.32 bits per heavy atom. The van der Waals surface area contributed by atoms with E-state index >= 15 is 0 Å². The van der Waals surface area contributed by atoms with Gasteiger partial charge in [0.1, 0.15) is 5.82 Å². The van der Waals surface area contributed by atoms with Gasteiger partial charge in [0.25, 0.3) is 0 Å². The van der Waals surface area contributed by atoms with Gasteiger partial charge in [-0.3, -0.25) is 4.79 Å². The fourth-order valence-electron chi connectivity index (χ4n) is 2.37. The van der Waals surface area contributed by atoms with Crippen LogP contribution < -0.4 is 5.32 Å². The third kappa shape index (κ3) is 3.69. The SMILES string of the molecule is CC1CCCCN1C(=O)CNc1ccc(Br)cc1F. The van der Waals surface area contributed by atoms with E-state index in [9.17, 15) is 9.18 Å². The lowest BCUT2D eigenvalue weighted by Gasteiger charge is -2.33. The molecule has 1 aliphatic heterocycles. The molecule has 1 N–H and O–H groups in total. The van der Waals surface area contributed by atoms with Crippen LogP contribution in [0.1, 0.15) is 26.2 Å². The molecule has 3 nitrogen and oxygen atoms in total. The fraction of sp³-hybridized carbons (Fsp3) is 0.500. The third-order valence-corrected chi connectivity index (χ3v) is 3.98. The van der Waals surface area contributed by atoms with Crippen molar-refractivity contribution < 1.29 is 9.18 Å². The molecule has 0 aliphatic carbocycles. The van der Waals surface area contributed by atoms with E-state index < -0.39 is 0 Å². The van der Waals surface area contributed by atoms with Crippen molar-refractivity contribution in [3.63, 3.8) is 0 Å². The van der Waals surface area contributed by atoms with Gasteiger partial charge in [0.15, 0.2) is 0 Å². The highest BCUT2D eigenvalue weighted by molar-refractivity contribution is 9.10. The molecule has 0 spiro atoms. The Bertz CT molecular complexity index is 467. The van der Waals surface area contributed by atoms with Crippen LogP contribution in [0.25, 0.3) is 0 Å². The molecule has 1 aliphatic rings. The normalized spacial score (nSPS) is 19.3. The highest BCUT2D eigenvalue weighted by atomic mass is 79.9. The van der Waals surface area contributed by atoms with Crippen molar-refractivity contribution in [2.45, 2.75) is 32.2 Å². The fourth-order valence-corrected chi connectivity index (χ4v) is 2.71. The predicted octanol–water partition coefficient (Wildman–Crippen LogP) is 3.40. The van der Waals surface area contributed by atoms with Crippen molar-refractivity contribution in [1.29, 1.82) is 0 Å². The smallest absolute Gasteiger partial charge is 0.242 e. The van der Waals surface area contributed by atoms with E-state index in [-0.39, 0.29) is 24.3 Å². The molecular formula is C14H18BrFN2O. The molecule has 19 heavy (non-hydrogen) atoms. The van der Waals surface area contributed by atoms with Gasteiger partial charge in [-0.25, -0.2) is 4.39 Å². The summed E-state index contributed by atoms with van der Waals surface area (Å²) >= 11 is 3.20. The van der Waals surface area contributed by atoms with Crippen molar-refractivity contribution >= 4 is 27.5 Å². The van der Waals surface area contributed by atoms with E-state index in [0.29, 0.717) is 10.2 Å². The zero-order valence-electron chi connectivity index (χ0n) is 11.0. The van der Waals surface area contributed by atoms with Crippen LogP contribution in [-0.2, 0) is 4.79 Å². The van der Waals surface area contributed by atoms with E-state index in [1.807, 2.05) is 4.90 Å². The van der Waals surface area contributed by atoms with Gasteiger partial charge in [-0.15, -0.1) is 0 Å². The summed E-state index contributed by atoms with van der Waals surface area (Å²) in [6, 6.07) is 5.06. The molecule has 1 heterocycles. The molecular weight excluding hydrogens is 311 g/mol. The molecule has 1 saturated heterocycles. The largest absolute Gasteiger partial charge is 0.374 e. The molecule has 2 rings (SSSR count). The van der Waals surface area contributed by atoms with Crippen LogP contribution in [-0.4, -0.2) is 29.9 Å². The summed E-state index contributed by atoms with van der Waals surface area (Å²) in [6.45, 7) is 3.02. The zero-order chi connectivity index (χ0) is 13.8. The minimum Gasteiger partial charge on any atom is -0.374 e. The van der Waals surface area contributed by atoms with Gasteiger partial charge in [-0.2, -0.15) is 0 Å². The lowest BCUT2D eigenvalue weighted by Crippen LogP contribution is -2.44. The Hall–Kier alpha value is -1.10. The Kier molecular flexibility index (Phi) is 4.80. The van der Waals surface area contributed by atoms with Crippen molar-refractivity contribution in [2.75, 3.05) is 18.4 Å². The lowest BCUT2D eigenvalue weighted by molar-refractivity contribution is -0.132. The summed E-state index contributed by atoms with van der Waals surface area (Å²) in [5.41, 5.74) is 0.362. The number of rotatable bonds is 3. The van der Waals surface area contributed by atoms with Gasteiger partial charge in [0, 0.05) is 17.1 Å². The highest BCUT2D eigenvalue weighted by Gasteiger charge is 2.22. The van der Waals surface area contributed by atoms with Gasteiger partial charge < -0.3 is 10.2 Å². The van der Waals surface area contributed by atoms with Crippen LogP contribution in [0.4, 0.5) is 10.1 Å². The van der Waals surface area contributed by atoms with Crippen LogP contribution in [0.2, 0.25) is 0 Å². The standard InChI is InChI=1S/C14H18BrFN2O/c1-10-4-2-3-7-18(10)14(19)9-17-13-6-5-11(15)8-12(13)16/h5-6,8,10,17H,2-4,7,9H2,1H3. The maximum absolute atomic E-state index is 13.6. The monoisotopic (exact) mass is 328 g/mol. The van der Waals surface area contributed by atoms with Crippen molar-refractivity contribution in [1.82, 2.24) is 4.90 Å². The van der Waals surface area contributed by atoms with Crippen LogP contribution >= 0.6 is 15.9 Å². The number of anilines is 1. The number of piperidine rings is 1. The van der Waals surface area contributed by atoms with E-state index in [1.54, 1.807) is 12.1 Å². The van der Waals surface area contributed by atoms with Gasteiger partial charge >= 0.3 is 0 Å². The molecule has 1 atom stereocenters. The number of nitrogens with one attached hydrogen (secondary N) is 1. The molecule has 1 amide bonds. The average molecular weight is 329 g/mol. The maximum Gasteiger partial charge on any atom is 0.242 e. The predicted molar refractivity (Wildman–Crippen MR) is 77.6 cm³/mol. The van der Waals surface area contributed by atoms with Crippen molar-refractivity contribution in [3.8, 4) is 0 Å².